The van der Waals surface area contributed by atoms with Crippen LogP contribution in [0.1, 0.15) is 25.7 Å². The van der Waals surface area contributed by atoms with Crippen molar-refractivity contribution < 1.29 is 9.53 Å². The summed E-state index contributed by atoms with van der Waals surface area (Å²) >= 11 is 0. The number of esters is 1. The largest absolute Gasteiger partial charge is 0.469 e. The first-order valence-corrected chi connectivity index (χ1v) is 5.12. The molecule has 1 saturated carbocycles. The van der Waals surface area contributed by atoms with Gasteiger partial charge in [0.05, 0.1) is 13.0 Å². The lowest BCUT2D eigenvalue weighted by Gasteiger charge is -2.31. The second kappa shape index (κ2) is 3.66. The van der Waals surface area contributed by atoms with E-state index in [1.807, 2.05) is 0 Å². The van der Waals surface area contributed by atoms with Crippen molar-refractivity contribution in [2.75, 3.05) is 13.7 Å². The average molecular weight is 183 g/mol. The SMILES string of the molecule is COC(=O)C1CNC2CCCC2C1. The van der Waals surface area contributed by atoms with Crippen LogP contribution in [-0.2, 0) is 9.53 Å². The predicted molar refractivity (Wildman–Crippen MR) is 49.3 cm³/mol. The van der Waals surface area contributed by atoms with Gasteiger partial charge in [-0.25, -0.2) is 0 Å². The fourth-order valence-electron chi connectivity index (χ4n) is 2.68. The van der Waals surface area contributed by atoms with Crippen molar-refractivity contribution in [2.24, 2.45) is 11.8 Å². The van der Waals surface area contributed by atoms with Crippen LogP contribution in [0.15, 0.2) is 0 Å². The highest BCUT2D eigenvalue weighted by Crippen LogP contribution is 2.34. The second-order valence-corrected chi connectivity index (χ2v) is 4.16. The molecule has 3 nitrogen and oxygen atoms in total. The number of nitrogens with one attached hydrogen (secondary N) is 1. The molecule has 0 aromatic rings. The van der Waals surface area contributed by atoms with Crippen molar-refractivity contribution in [3.05, 3.63) is 0 Å². The molecule has 1 N–H and O–H groups in total. The zero-order valence-electron chi connectivity index (χ0n) is 8.08. The van der Waals surface area contributed by atoms with E-state index in [1.54, 1.807) is 0 Å². The van der Waals surface area contributed by atoms with E-state index in [0.717, 1.165) is 18.9 Å². The van der Waals surface area contributed by atoms with Crippen LogP contribution in [0.4, 0.5) is 0 Å². The lowest BCUT2D eigenvalue weighted by molar-refractivity contribution is -0.146. The molecule has 0 amide bonds. The Morgan fingerprint density at radius 2 is 2.31 bits per heavy atom. The van der Waals surface area contributed by atoms with Gasteiger partial charge in [0, 0.05) is 12.6 Å². The molecule has 3 atom stereocenters. The molecular formula is C10H17NO2. The molecule has 0 aromatic carbocycles. The minimum absolute atomic E-state index is 0.0437. The normalized spacial score (nSPS) is 38.4. The van der Waals surface area contributed by atoms with Crippen LogP contribution in [0, 0.1) is 11.8 Å². The number of rotatable bonds is 1. The summed E-state index contributed by atoms with van der Waals surface area (Å²) in [5.41, 5.74) is 0. The van der Waals surface area contributed by atoms with E-state index in [0.29, 0.717) is 6.04 Å². The Morgan fingerprint density at radius 3 is 3.08 bits per heavy atom. The van der Waals surface area contributed by atoms with Gasteiger partial charge in [-0.1, -0.05) is 6.42 Å². The van der Waals surface area contributed by atoms with E-state index >= 15 is 0 Å². The van der Waals surface area contributed by atoms with E-state index in [2.05, 4.69) is 5.32 Å². The first-order valence-electron chi connectivity index (χ1n) is 5.12. The highest BCUT2D eigenvalue weighted by atomic mass is 16.5. The van der Waals surface area contributed by atoms with Crippen molar-refractivity contribution >= 4 is 5.97 Å². The molecule has 0 aromatic heterocycles. The highest BCUT2D eigenvalue weighted by Gasteiger charge is 2.36. The molecule has 1 aliphatic carbocycles. The lowest BCUT2D eigenvalue weighted by atomic mass is 9.86. The third kappa shape index (κ3) is 1.70. The van der Waals surface area contributed by atoms with E-state index in [4.69, 9.17) is 4.74 Å². The third-order valence-corrected chi connectivity index (χ3v) is 3.41. The molecule has 3 unspecified atom stereocenters. The van der Waals surface area contributed by atoms with Crippen molar-refractivity contribution in [3.63, 3.8) is 0 Å². The molecule has 0 radical (unpaired) electrons. The molecule has 74 valence electrons. The maximum Gasteiger partial charge on any atom is 0.309 e. The van der Waals surface area contributed by atoms with Gasteiger partial charge < -0.3 is 10.1 Å². The Bertz CT molecular complexity index is 205. The quantitative estimate of drug-likeness (QED) is 0.615. The lowest BCUT2D eigenvalue weighted by Crippen LogP contribution is -2.45. The summed E-state index contributed by atoms with van der Waals surface area (Å²) in [6, 6.07) is 0.681. The number of carbonyl (C=O) groups is 1. The van der Waals surface area contributed by atoms with Crippen LogP contribution in [0.25, 0.3) is 0 Å². The van der Waals surface area contributed by atoms with Gasteiger partial charge in [0.1, 0.15) is 0 Å². The summed E-state index contributed by atoms with van der Waals surface area (Å²) in [5.74, 6) is 0.778. The molecule has 13 heavy (non-hydrogen) atoms. The molecule has 3 heteroatoms. The molecule has 0 spiro atoms. The summed E-state index contributed by atoms with van der Waals surface area (Å²) in [5, 5.41) is 3.45. The van der Waals surface area contributed by atoms with Crippen LogP contribution in [0.5, 0.6) is 0 Å². The molecule has 2 aliphatic rings. The van der Waals surface area contributed by atoms with Crippen LogP contribution in [0.2, 0.25) is 0 Å². The molecule has 1 saturated heterocycles. The van der Waals surface area contributed by atoms with Crippen molar-refractivity contribution in [3.8, 4) is 0 Å². The monoisotopic (exact) mass is 183 g/mol. The minimum atomic E-state index is -0.0437. The standard InChI is InChI=1S/C10H17NO2/c1-13-10(12)8-5-7-3-2-4-9(7)11-6-8/h7-9,11H,2-6H2,1H3. The second-order valence-electron chi connectivity index (χ2n) is 4.16. The van der Waals surface area contributed by atoms with Crippen LogP contribution in [0.3, 0.4) is 0 Å². The highest BCUT2D eigenvalue weighted by molar-refractivity contribution is 5.72. The predicted octanol–water partition coefficient (Wildman–Crippen LogP) is 0.938. The third-order valence-electron chi connectivity index (χ3n) is 3.41. The van der Waals surface area contributed by atoms with E-state index in [9.17, 15) is 4.79 Å². The number of methoxy groups -OCH3 is 1. The number of carbonyl (C=O) groups excluding carboxylic acids is 1. The molecule has 0 bridgehead atoms. The first-order chi connectivity index (χ1) is 6.31. The minimum Gasteiger partial charge on any atom is -0.469 e. The summed E-state index contributed by atoms with van der Waals surface area (Å²) in [4.78, 5) is 11.3. The topological polar surface area (TPSA) is 38.3 Å². The Morgan fingerprint density at radius 1 is 1.46 bits per heavy atom. The van der Waals surface area contributed by atoms with Crippen molar-refractivity contribution in [1.82, 2.24) is 5.32 Å². The Labute approximate surface area is 78.8 Å². The first kappa shape index (κ1) is 9.00. The zero-order valence-corrected chi connectivity index (χ0v) is 8.08. The van der Waals surface area contributed by atoms with Crippen molar-refractivity contribution in [2.45, 2.75) is 31.7 Å². The van der Waals surface area contributed by atoms with E-state index in [1.165, 1.54) is 26.4 Å². The van der Waals surface area contributed by atoms with Gasteiger partial charge in [-0.15, -0.1) is 0 Å². The van der Waals surface area contributed by atoms with Gasteiger partial charge in [0.2, 0.25) is 0 Å². The maximum atomic E-state index is 11.3. The van der Waals surface area contributed by atoms with E-state index in [-0.39, 0.29) is 11.9 Å². The number of hydrogen-bond acceptors (Lipinski definition) is 3. The Kier molecular flexibility index (Phi) is 2.54. The summed E-state index contributed by atoms with van der Waals surface area (Å²) in [6.45, 7) is 0.813. The zero-order chi connectivity index (χ0) is 9.26. The summed E-state index contributed by atoms with van der Waals surface area (Å²) < 4.78 is 4.76. The Hall–Kier alpha value is -0.570. The van der Waals surface area contributed by atoms with Crippen LogP contribution < -0.4 is 5.32 Å². The van der Waals surface area contributed by atoms with Gasteiger partial charge in [0.25, 0.3) is 0 Å². The van der Waals surface area contributed by atoms with Crippen molar-refractivity contribution in [1.29, 1.82) is 0 Å². The summed E-state index contributed by atoms with van der Waals surface area (Å²) in [7, 11) is 1.48. The molecule has 1 aliphatic heterocycles. The smallest absolute Gasteiger partial charge is 0.309 e. The van der Waals surface area contributed by atoms with Gasteiger partial charge in [0.15, 0.2) is 0 Å². The fraction of sp³-hybridized carbons (Fsp3) is 0.900. The Balaban J connectivity index is 1.93. The fourth-order valence-corrected chi connectivity index (χ4v) is 2.68. The van der Waals surface area contributed by atoms with Gasteiger partial charge >= 0.3 is 5.97 Å². The van der Waals surface area contributed by atoms with E-state index < -0.39 is 0 Å². The maximum absolute atomic E-state index is 11.3. The van der Waals surface area contributed by atoms with Crippen LogP contribution in [-0.4, -0.2) is 25.7 Å². The average Bonchev–Trinajstić information content (AvgIpc) is 2.63. The molecule has 1 heterocycles. The number of piperidine rings is 1. The molecule has 2 rings (SSSR count). The summed E-state index contributed by atoms with van der Waals surface area (Å²) in [6.07, 6.45) is 4.92. The molecular weight excluding hydrogens is 166 g/mol. The van der Waals surface area contributed by atoms with Crippen LogP contribution >= 0.6 is 0 Å². The van der Waals surface area contributed by atoms with Gasteiger partial charge in [-0.05, 0) is 25.2 Å². The van der Waals surface area contributed by atoms with Gasteiger partial charge in [-0.2, -0.15) is 0 Å². The number of ether oxygens (including phenoxy) is 1. The number of fused-ring (bicyclic) bond motifs is 1. The van der Waals surface area contributed by atoms with Gasteiger partial charge in [-0.3, -0.25) is 4.79 Å². The molecule has 2 fully saturated rings. The number of hydrogen-bond donors (Lipinski definition) is 1.